The van der Waals surface area contributed by atoms with Crippen LogP contribution in [0.25, 0.3) is 0 Å². The first kappa shape index (κ1) is 17.7. The average molecular weight is 349 g/mol. The number of hydrogen-bond donors (Lipinski definition) is 1. The van der Waals surface area contributed by atoms with Crippen molar-refractivity contribution < 1.29 is 14.5 Å². The standard InChI is InChI=1S/C17H17ClN2O4/c1-12-11-15(8-9-16(12)18)24-10-2-3-17(21)19-13-4-6-14(7-5-13)20(22)23/h4-9,11H,2-3,10H2,1H3,(H,19,21). The van der Waals surface area contributed by atoms with Crippen LogP contribution in [0.15, 0.2) is 42.5 Å². The minimum atomic E-state index is -0.485. The Hall–Kier alpha value is -2.60. The first-order chi connectivity index (χ1) is 11.5. The molecule has 126 valence electrons. The van der Waals surface area contributed by atoms with Crippen LogP contribution in [0.4, 0.5) is 11.4 Å². The molecule has 0 aliphatic heterocycles. The minimum absolute atomic E-state index is 0.0142. The maximum absolute atomic E-state index is 11.8. The summed E-state index contributed by atoms with van der Waals surface area (Å²) in [5.74, 6) is 0.549. The van der Waals surface area contributed by atoms with Gasteiger partial charge in [-0.15, -0.1) is 0 Å². The molecule has 0 fully saturated rings. The van der Waals surface area contributed by atoms with E-state index in [4.69, 9.17) is 16.3 Å². The third-order valence-corrected chi connectivity index (χ3v) is 3.73. The third kappa shape index (κ3) is 5.24. The number of aryl methyl sites for hydroxylation is 1. The summed E-state index contributed by atoms with van der Waals surface area (Å²) < 4.78 is 5.57. The summed E-state index contributed by atoms with van der Waals surface area (Å²) in [6, 6.07) is 11.1. The molecular weight excluding hydrogens is 332 g/mol. The summed E-state index contributed by atoms with van der Waals surface area (Å²) in [5, 5.41) is 13.9. The molecule has 0 aliphatic rings. The van der Waals surface area contributed by atoms with Gasteiger partial charge < -0.3 is 10.1 Å². The summed E-state index contributed by atoms with van der Waals surface area (Å²) in [6.07, 6.45) is 0.851. The number of carbonyl (C=O) groups excluding carboxylic acids is 1. The summed E-state index contributed by atoms with van der Waals surface area (Å²) in [5.41, 5.74) is 1.45. The molecule has 24 heavy (non-hydrogen) atoms. The molecule has 7 heteroatoms. The van der Waals surface area contributed by atoms with Gasteiger partial charge in [-0.1, -0.05) is 11.6 Å². The largest absolute Gasteiger partial charge is 0.494 e. The van der Waals surface area contributed by atoms with E-state index in [1.54, 1.807) is 12.1 Å². The van der Waals surface area contributed by atoms with E-state index in [9.17, 15) is 14.9 Å². The second-order valence-electron chi connectivity index (χ2n) is 5.22. The van der Waals surface area contributed by atoms with Gasteiger partial charge in [0.25, 0.3) is 5.69 Å². The SMILES string of the molecule is Cc1cc(OCCCC(=O)Nc2ccc([N+](=O)[O-])cc2)ccc1Cl. The van der Waals surface area contributed by atoms with Gasteiger partial charge in [-0.3, -0.25) is 14.9 Å². The van der Waals surface area contributed by atoms with Gasteiger partial charge >= 0.3 is 0 Å². The van der Waals surface area contributed by atoms with Gasteiger partial charge in [0.05, 0.1) is 11.5 Å². The predicted octanol–water partition coefficient (Wildman–Crippen LogP) is 4.35. The normalized spacial score (nSPS) is 10.2. The van der Waals surface area contributed by atoms with Crippen LogP contribution in [0.2, 0.25) is 5.02 Å². The molecule has 2 aromatic rings. The van der Waals surface area contributed by atoms with E-state index in [1.165, 1.54) is 24.3 Å². The fraction of sp³-hybridized carbons (Fsp3) is 0.235. The molecule has 0 heterocycles. The van der Waals surface area contributed by atoms with Crippen LogP contribution < -0.4 is 10.1 Å². The Balaban J connectivity index is 1.73. The van der Waals surface area contributed by atoms with E-state index in [-0.39, 0.29) is 11.6 Å². The van der Waals surface area contributed by atoms with Crippen LogP contribution in [-0.4, -0.2) is 17.4 Å². The van der Waals surface area contributed by atoms with Gasteiger partial charge in [0.15, 0.2) is 0 Å². The Morgan fingerprint density at radius 1 is 1.25 bits per heavy atom. The first-order valence-electron chi connectivity index (χ1n) is 7.39. The molecule has 0 aliphatic carbocycles. The van der Waals surface area contributed by atoms with Crippen LogP contribution in [-0.2, 0) is 4.79 Å². The lowest BCUT2D eigenvalue weighted by molar-refractivity contribution is -0.384. The molecule has 0 saturated carbocycles. The van der Waals surface area contributed by atoms with E-state index < -0.39 is 4.92 Å². The Bertz CT molecular complexity index is 732. The average Bonchev–Trinajstić information content (AvgIpc) is 2.55. The van der Waals surface area contributed by atoms with Crippen molar-refractivity contribution >= 4 is 28.9 Å². The van der Waals surface area contributed by atoms with Gasteiger partial charge in [-0.2, -0.15) is 0 Å². The Labute approximate surface area is 144 Å². The lowest BCUT2D eigenvalue weighted by Crippen LogP contribution is -2.12. The van der Waals surface area contributed by atoms with E-state index in [0.717, 1.165) is 5.56 Å². The van der Waals surface area contributed by atoms with E-state index >= 15 is 0 Å². The molecular formula is C17H17ClN2O4. The van der Waals surface area contributed by atoms with E-state index in [0.29, 0.717) is 35.9 Å². The molecule has 6 nitrogen and oxygen atoms in total. The number of nitrogens with zero attached hydrogens (tertiary/aromatic N) is 1. The lowest BCUT2D eigenvalue weighted by atomic mass is 10.2. The number of carbonyl (C=O) groups is 1. The molecule has 0 aromatic heterocycles. The molecule has 0 unspecified atom stereocenters. The molecule has 2 rings (SSSR count). The molecule has 0 atom stereocenters. The zero-order chi connectivity index (χ0) is 17.5. The number of hydrogen-bond acceptors (Lipinski definition) is 4. The molecule has 0 saturated heterocycles. The highest BCUT2D eigenvalue weighted by Gasteiger charge is 2.07. The maximum Gasteiger partial charge on any atom is 0.269 e. The van der Waals surface area contributed by atoms with Crippen molar-refractivity contribution in [2.45, 2.75) is 19.8 Å². The van der Waals surface area contributed by atoms with E-state index in [2.05, 4.69) is 5.32 Å². The summed E-state index contributed by atoms with van der Waals surface area (Å²) in [7, 11) is 0. The van der Waals surface area contributed by atoms with Gasteiger partial charge in [-0.25, -0.2) is 0 Å². The minimum Gasteiger partial charge on any atom is -0.494 e. The fourth-order valence-electron chi connectivity index (χ4n) is 2.02. The number of nitro groups is 1. The molecule has 2 aromatic carbocycles. The van der Waals surface area contributed by atoms with Crippen LogP contribution in [0.5, 0.6) is 5.75 Å². The summed E-state index contributed by atoms with van der Waals surface area (Å²) in [6.45, 7) is 2.31. The molecule has 1 amide bonds. The predicted molar refractivity (Wildman–Crippen MR) is 92.6 cm³/mol. The lowest BCUT2D eigenvalue weighted by Gasteiger charge is -2.08. The van der Waals surface area contributed by atoms with Crippen molar-refractivity contribution in [2.24, 2.45) is 0 Å². The van der Waals surface area contributed by atoms with Crippen LogP contribution in [0, 0.1) is 17.0 Å². The molecule has 0 bridgehead atoms. The van der Waals surface area contributed by atoms with Gasteiger partial charge in [-0.05, 0) is 49.2 Å². The van der Waals surface area contributed by atoms with Crippen molar-refractivity contribution in [3.8, 4) is 5.75 Å². The smallest absolute Gasteiger partial charge is 0.269 e. The molecule has 0 spiro atoms. The van der Waals surface area contributed by atoms with Crippen LogP contribution in [0.3, 0.4) is 0 Å². The van der Waals surface area contributed by atoms with Gasteiger partial charge in [0.2, 0.25) is 5.91 Å². The second kappa shape index (κ2) is 8.31. The van der Waals surface area contributed by atoms with Crippen molar-refractivity contribution in [1.29, 1.82) is 0 Å². The highest BCUT2D eigenvalue weighted by molar-refractivity contribution is 6.31. The quantitative estimate of drug-likeness (QED) is 0.458. The monoisotopic (exact) mass is 348 g/mol. The van der Waals surface area contributed by atoms with Crippen molar-refractivity contribution in [3.05, 3.63) is 63.2 Å². The van der Waals surface area contributed by atoms with Gasteiger partial charge in [0, 0.05) is 29.3 Å². The number of amides is 1. The highest BCUT2D eigenvalue weighted by Crippen LogP contribution is 2.21. The highest BCUT2D eigenvalue weighted by atomic mass is 35.5. The number of rotatable bonds is 7. The number of non-ortho nitro benzene ring substituents is 1. The van der Waals surface area contributed by atoms with Crippen LogP contribution in [0.1, 0.15) is 18.4 Å². The number of ether oxygens (including phenoxy) is 1. The Morgan fingerprint density at radius 2 is 1.96 bits per heavy atom. The maximum atomic E-state index is 11.8. The number of halogens is 1. The number of nitro benzene ring substituents is 1. The number of benzene rings is 2. The van der Waals surface area contributed by atoms with Crippen molar-refractivity contribution in [3.63, 3.8) is 0 Å². The number of nitrogens with one attached hydrogen (secondary N) is 1. The zero-order valence-electron chi connectivity index (χ0n) is 13.1. The van der Waals surface area contributed by atoms with Gasteiger partial charge in [0.1, 0.15) is 5.75 Å². The molecule has 1 N–H and O–H groups in total. The first-order valence-corrected chi connectivity index (χ1v) is 7.77. The Morgan fingerprint density at radius 3 is 2.58 bits per heavy atom. The van der Waals surface area contributed by atoms with E-state index in [1.807, 2.05) is 13.0 Å². The van der Waals surface area contributed by atoms with Crippen LogP contribution >= 0.6 is 11.6 Å². The summed E-state index contributed by atoms with van der Waals surface area (Å²) >= 11 is 5.94. The summed E-state index contributed by atoms with van der Waals surface area (Å²) in [4.78, 5) is 21.9. The number of anilines is 1. The van der Waals surface area contributed by atoms with Crippen molar-refractivity contribution in [1.82, 2.24) is 0 Å². The third-order valence-electron chi connectivity index (χ3n) is 3.31. The van der Waals surface area contributed by atoms with Crippen molar-refractivity contribution in [2.75, 3.05) is 11.9 Å². The second-order valence-corrected chi connectivity index (χ2v) is 5.62. The topological polar surface area (TPSA) is 81.5 Å². The zero-order valence-corrected chi connectivity index (χ0v) is 13.9. The molecule has 0 radical (unpaired) electrons. The fourth-order valence-corrected chi connectivity index (χ4v) is 2.14. The Kier molecular flexibility index (Phi) is 6.14.